The number of ketones is 1. The largest absolute Gasteiger partial charge is 0.458 e. The quantitative estimate of drug-likeness (QED) is 0.541. The van der Waals surface area contributed by atoms with Crippen LogP contribution in [0.15, 0.2) is 11.1 Å². The van der Waals surface area contributed by atoms with Crippen molar-refractivity contribution in [2.75, 3.05) is 6.61 Å². The van der Waals surface area contributed by atoms with Crippen LogP contribution in [0.5, 0.6) is 0 Å². The molecule has 0 radical (unpaired) electrons. The summed E-state index contributed by atoms with van der Waals surface area (Å²) in [7, 11) is 0. The Hall–Kier alpha value is -1.24. The van der Waals surface area contributed by atoms with Gasteiger partial charge in [0, 0.05) is 30.9 Å². The molecule has 0 aromatic rings. The van der Waals surface area contributed by atoms with Crippen molar-refractivity contribution in [3.63, 3.8) is 0 Å². The number of aliphatic hydroxyl groups is 3. The van der Waals surface area contributed by atoms with Gasteiger partial charge in [0.15, 0.2) is 0 Å². The number of carbonyl (C=O) groups excluding carboxylic acids is 2. The maximum atomic E-state index is 13.3. The van der Waals surface area contributed by atoms with Gasteiger partial charge >= 0.3 is 5.97 Å². The van der Waals surface area contributed by atoms with Gasteiger partial charge in [0.25, 0.3) is 0 Å². The van der Waals surface area contributed by atoms with Crippen LogP contribution in [-0.4, -0.2) is 51.5 Å². The van der Waals surface area contributed by atoms with Crippen molar-refractivity contribution in [2.45, 2.75) is 103 Å². The van der Waals surface area contributed by atoms with Crippen LogP contribution < -0.4 is 0 Å². The van der Waals surface area contributed by atoms with E-state index in [2.05, 4.69) is 6.92 Å². The average molecular weight is 475 g/mol. The molecule has 4 saturated carbocycles. The lowest BCUT2D eigenvalue weighted by molar-refractivity contribution is -0.242. The summed E-state index contributed by atoms with van der Waals surface area (Å²) >= 11 is 0. The number of Topliss-reactive ketones (excluding diaryl/α,β-unsaturated/α-hetero) is 1. The maximum Gasteiger partial charge on any atom is 0.333 e. The minimum atomic E-state index is -1.32. The van der Waals surface area contributed by atoms with Crippen molar-refractivity contribution in [3.8, 4) is 0 Å². The highest BCUT2D eigenvalue weighted by Crippen LogP contribution is 2.68. The number of cyclic esters (lactones) is 1. The molecule has 0 spiro atoms. The molecule has 6 heteroatoms. The third-order valence-electron chi connectivity index (χ3n) is 11.7. The highest BCUT2D eigenvalue weighted by atomic mass is 16.5. The van der Waals surface area contributed by atoms with Crippen LogP contribution in [0, 0.1) is 40.4 Å². The van der Waals surface area contributed by atoms with Gasteiger partial charge in [-0.25, -0.2) is 4.79 Å². The summed E-state index contributed by atoms with van der Waals surface area (Å²) in [5.74, 6) is 0.550. The molecule has 4 fully saturated rings. The molecule has 0 saturated heterocycles. The molecule has 10 unspecified atom stereocenters. The van der Waals surface area contributed by atoms with Gasteiger partial charge in [0.1, 0.15) is 17.5 Å². The molecule has 0 aromatic heterocycles. The predicted octanol–water partition coefficient (Wildman–Crippen LogP) is 3.56. The van der Waals surface area contributed by atoms with E-state index in [0.29, 0.717) is 43.6 Å². The zero-order valence-corrected chi connectivity index (χ0v) is 21.2. The van der Waals surface area contributed by atoms with Crippen molar-refractivity contribution >= 4 is 11.8 Å². The normalized spacial score (nSPS) is 49.7. The summed E-state index contributed by atoms with van der Waals surface area (Å²) in [5, 5.41) is 33.3. The van der Waals surface area contributed by atoms with E-state index in [1.165, 1.54) is 0 Å². The standard InChI is InChI=1S/C28H42O6/c1-15-12-22(34-25(32)16(15)2)18(14-29)20-8-7-19-17-13-24(31)28(33)10-5-6-23(30)27(28,4)21(17)9-11-26(19,20)3/h17-22,24,29,31,33H,5-14H2,1-4H3. The SMILES string of the molecule is CC1=C(C)C(=O)OC(C(CO)C2CCC3C4CC(O)C5(O)CCCC(=O)C5(C)C4CCC23C)C1. The van der Waals surface area contributed by atoms with Crippen LogP contribution in [0.4, 0.5) is 0 Å². The maximum absolute atomic E-state index is 13.3. The second-order valence-electron chi connectivity index (χ2n) is 12.7. The first-order chi connectivity index (χ1) is 16.0. The number of fused-ring (bicyclic) bond motifs is 5. The molecule has 1 aliphatic heterocycles. The third kappa shape index (κ3) is 3.10. The van der Waals surface area contributed by atoms with Gasteiger partial charge in [-0.3, -0.25) is 4.79 Å². The number of hydrogen-bond acceptors (Lipinski definition) is 6. The summed E-state index contributed by atoms with van der Waals surface area (Å²) in [6, 6.07) is 0. The van der Waals surface area contributed by atoms with E-state index in [-0.39, 0.29) is 53.6 Å². The summed E-state index contributed by atoms with van der Waals surface area (Å²) in [4.78, 5) is 25.7. The summed E-state index contributed by atoms with van der Waals surface area (Å²) in [6.45, 7) is 8.03. The minimum Gasteiger partial charge on any atom is -0.458 e. The highest BCUT2D eigenvalue weighted by Gasteiger charge is 2.69. The van der Waals surface area contributed by atoms with Crippen LogP contribution in [0.1, 0.15) is 85.5 Å². The molecule has 3 N–H and O–H groups in total. The zero-order chi connectivity index (χ0) is 24.6. The van der Waals surface area contributed by atoms with Gasteiger partial charge in [-0.05, 0) is 94.8 Å². The molecule has 1 heterocycles. The van der Waals surface area contributed by atoms with Crippen LogP contribution in [-0.2, 0) is 14.3 Å². The van der Waals surface area contributed by atoms with Gasteiger partial charge in [-0.15, -0.1) is 0 Å². The van der Waals surface area contributed by atoms with Crippen LogP contribution in [0.3, 0.4) is 0 Å². The van der Waals surface area contributed by atoms with E-state index in [9.17, 15) is 24.9 Å². The van der Waals surface area contributed by atoms with Crippen LogP contribution in [0.2, 0.25) is 0 Å². The first kappa shape index (κ1) is 24.5. The molecule has 0 bridgehead atoms. The first-order valence-corrected chi connectivity index (χ1v) is 13.4. The number of esters is 1. The Bertz CT molecular complexity index is 911. The molecule has 0 amide bonds. The van der Waals surface area contributed by atoms with Gasteiger partial charge < -0.3 is 20.1 Å². The van der Waals surface area contributed by atoms with Crippen LogP contribution >= 0.6 is 0 Å². The highest BCUT2D eigenvalue weighted by molar-refractivity contribution is 5.89. The second-order valence-corrected chi connectivity index (χ2v) is 12.7. The van der Waals surface area contributed by atoms with Crippen molar-refractivity contribution in [1.29, 1.82) is 0 Å². The van der Waals surface area contributed by atoms with E-state index >= 15 is 0 Å². The average Bonchev–Trinajstić information content (AvgIpc) is 3.13. The monoisotopic (exact) mass is 474 g/mol. The lowest BCUT2D eigenvalue weighted by Gasteiger charge is -2.64. The topological polar surface area (TPSA) is 104 Å². The van der Waals surface area contributed by atoms with Crippen molar-refractivity contribution in [1.82, 2.24) is 0 Å². The van der Waals surface area contributed by atoms with Crippen molar-refractivity contribution < 1.29 is 29.6 Å². The van der Waals surface area contributed by atoms with Crippen molar-refractivity contribution in [3.05, 3.63) is 11.1 Å². The van der Waals surface area contributed by atoms with Gasteiger partial charge in [-0.1, -0.05) is 12.5 Å². The fraction of sp³-hybridized carbons (Fsp3) is 0.857. The van der Waals surface area contributed by atoms with E-state index in [0.717, 1.165) is 31.3 Å². The molecule has 34 heavy (non-hydrogen) atoms. The Morgan fingerprint density at radius 1 is 1.09 bits per heavy atom. The van der Waals surface area contributed by atoms with E-state index < -0.39 is 17.1 Å². The summed E-state index contributed by atoms with van der Waals surface area (Å²) in [6.07, 6.45) is 5.39. The van der Waals surface area contributed by atoms with E-state index in [1.54, 1.807) is 6.92 Å². The molecule has 5 aliphatic rings. The van der Waals surface area contributed by atoms with Crippen LogP contribution in [0.25, 0.3) is 0 Å². The number of ether oxygens (including phenoxy) is 1. The molecule has 0 aromatic carbocycles. The molecular formula is C28H42O6. The Morgan fingerprint density at radius 3 is 2.50 bits per heavy atom. The Morgan fingerprint density at radius 2 is 1.82 bits per heavy atom. The summed E-state index contributed by atoms with van der Waals surface area (Å²) < 4.78 is 5.82. The van der Waals surface area contributed by atoms with Gasteiger partial charge in [-0.2, -0.15) is 0 Å². The zero-order valence-electron chi connectivity index (χ0n) is 21.2. The molecular weight excluding hydrogens is 432 g/mol. The smallest absolute Gasteiger partial charge is 0.333 e. The molecule has 5 rings (SSSR count). The fourth-order valence-corrected chi connectivity index (χ4v) is 9.49. The molecule has 4 aliphatic carbocycles. The number of rotatable bonds is 3. The van der Waals surface area contributed by atoms with Gasteiger partial charge in [0.05, 0.1) is 11.5 Å². The third-order valence-corrected chi connectivity index (χ3v) is 11.7. The van der Waals surface area contributed by atoms with E-state index in [1.807, 2.05) is 13.8 Å². The Kier molecular flexibility index (Phi) is 5.85. The predicted molar refractivity (Wildman–Crippen MR) is 127 cm³/mol. The van der Waals surface area contributed by atoms with Crippen molar-refractivity contribution in [2.24, 2.45) is 40.4 Å². The molecule has 190 valence electrons. The lowest BCUT2D eigenvalue weighted by Crippen LogP contribution is -2.70. The van der Waals surface area contributed by atoms with E-state index in [4.69, 9.17) is 4.74 Å². The Balaban J connectivity index is 1.44. The number of aliphatic hydroxyl groups excluding tert-OH is 2. The molecule has 10 atom stereocenters. The lowest BCUT2D eigenvalue weighted by atomic mass is 9.42. The number of hydrogen-bond donors (Lipinski definition) is 3. The first-order valence-electron chi connectivity index (χ1n) is 13.4. The second kappa shape index (κ2) is 8.14. The summed E-state index contributed by atoms with van der Waals surface area (Å²) in [5.41, 5.74) is -0.531. The number of carbonyl (C=O) groups is 2. The minimum absolute atomic E-state index is 0.01000. The molecule has 6 nitrogen and oxygen atoms in total. The van der Waals surface area contributed by atoms with Gasteiger partial charge in [0.2, 0.25) is 0 Å². The fourth-order valence-electron chi connectivity index (χ4n) is 9.49. The Labute approximate surface area is 203 Å².